The van der Waals surface area contributed by atoms with E-state index in [4.69, 9.17) is 5.73 Å². The van der Waals surface area contributed by atoms with Crippen molar-refractivity contribution in [1.82, 2.24) is 14.8 Å². The van der Waals surface area contributed by atoms with Crippen LogP contribution < -0.4 is 5.73 Å². The Morgan fingerprint density at radius 2 is 2.20 bits per heavy atom. The molecule has 2 rings (SSSR count). The summed E-state index contributed by atoms with van der Waals surface area (Å²) in [6.07, 6.45) is 3.67. The van der Waals surface area contributed by atoms with Gasteiger partial charge in [-0.15, -0.1) is 0 Å². The normalized spacial score (nSPS) is 11.5. The van der Waals surface area contributed by atoms with Crippen LogP contribution in [0.1, 0.15) is 19.4 Å². The minimum Gasteiger partial charge on any atom is -0.326 e. The molecule has 2 aromatic rings. The van der Waals surface area contributed by atoms with Crippen LogP contribution in [0.5, 0.6) is 0 Å². The highest BCUT2D eigenvalue weighted by Gasteiger charge is 2.05. The molecule has 0 saturated carbocycles. The molecule has 2 aromatic heterocycles. The Bertz CT molecular complexity index is 459. The molecule has 0 unspecified atom stereocenters. The van der Waals surface area contributed by atoms with Gasteiger partial charge in [-0.3, -0.25) is 0 Å². The molecule has 0 bridgehead atoms. The second-order valence-corrected chi connectivity index (χ2v) is 4.18. The minimum atomic E-state index is 0.526. The van der Waals surface area contributed by atoms with Crippen molar-refractivity contribution in [1.29, 1.82) is 0 Å². The van der Waals surface area contributed by atoms with Gasteiger partial charge < -0.3 is 5.73 Å². The molecule has 0 amide bonds. The lowest BCUT2D eigenvalue weighted by Gasteiger charge is -2.05. The third-order valence-electron chi connectivity index (χ3n) is 2.31. The van der Waals surface area contributed by atoms with Gasteiger partial charge in [0.15, 0.2) is 5.65 Å². The van der Waals surface area contributed by atoms with Crippen molar-refractivity contribution in [2.75, 3.05) is 0 Å². The summed E-state index contributed by atoms with van der Waals surface area (Å²) in [7, 11) is 0. The average Bonchev–Trinajstić information content (AvgIpc) is 2.60. The fraction of sp³-hybridized carbons (Fsp3) is 0.455. The number of rotatable bonds is 3. The number of nitrogens with two attached hydrogens (primary N) is 1. The molecule has 0 aromatic carbocycles. The van der Waals surface area contributed by atoms with Crippen molar-refractivity contribution >= 4 is 11.0 Å². The number of pyridine rings is 1. The third-order valence-corrected chi connectivity index (χ3v) is 2.31. The molecule has 15 heavy (non-hydrogen) atoms. The molecule has 80 valence electrons. The maximum atomic E-state index is 5.56. The minimum absolute atomic E-state index is 0.526. The van der Waals surface area contributed by atoms with Gasteiger partial charge in [-0.2, -0.15) is 5.10 Å². The summed E-state index contributed by atoms with van der Waals surface area (Å²) < 4.78 is 1.94. The number of fused-ring (bicyclic) bond motifs is 1. The second-order valence-electron chi connectivity index (χ2n) is 4.18. The van der Waals surface area contributed by atoms with Crippen molar-refractivity contribution in [3.63, 3.8) is 0 Å². The quantitative estimate of drug-likeness (QED) is 0.825. The molecule has 2 N–H and O–H groups in total. The maximum absolute atomic E-state index is 5.56. The van der Waals surface area contributed by atoms with Gasteiger partial charge in [0.2, 0.25) is 0 Å². The predicted octanol–water partition coefficient (Wildman–Crippen LogP) is 1.55. The highest BCUT2D eigenvalue weighted by Crippen LogP contribution is 2.13. The zero-order valence-corrected chi connectivity index (χ0v) is 9.14. The number of hydrogen-bond donors (Lipinski definition) is 1. The van der Waals surface area contributed by atoms with Crippen molar-refractivity contribution in [2.45, 2.75) is 26.9 Å². The Balaban J connectivity index is 2.43. The van der Waals surface area contributed by atoms with Crippen molar-refractivity contribution in [3.05, 3.63) is 24.0 Å². The molecule has 0 spiro atoms. The zero-order chi connectivity index (χ0) is 10.8. The lowest BCUT2D eigenvalue weighted by Crippen LogP contribution is -2.06. The van der Waals surface area contributed by atoms with Gasteiger partial charge in [0.1, 0.15) is 0 Å². The Kier molecular flexibility index (Phi) is 2.68. The van der Waals surface area contributed by atoms with Crippen LogP contribution in [-0.4, -0.2) is 14.8 Å². The summed E-state index contributed by atoms with van der Waals surface area (Å²) in [6, 6.07) is 2.05. The highest BCUT2D eigenvalue weighted by molar-refractivity contribution is 5.74. The zero-order valence-electron chi connectivity index (χ0n) is 9.14. The summed E-state index contributed by atoms with van der Waals surface area (Å²) in [5.41, 5.74) is 7.55. The van der Waals surface area contributed by atoms with Crippen molar-refractivity contribution in [2.24, 2.45) is 11.7 Å². The second kappa shape index (κ2) is 3.98. The van der Waals surface area contributed by atoms with E-state index < -0.39 is 0 Å². The Hall–Kier alpha value is -1.42. The molecular weight excluding hydrogens is 188 g/mol. The molecule has 2 heterocycles. The first-order valence-corrected chi connectivity index (χ1v) is 5.21. The number of hydrogen-bond acceptors (Lipinski definition) is 3. The van der Waals surface area contributed by atoms with Gasteiger partial charge in [0.25, 0.3) is 0 Å². The summed E-state index contributed by atoms with van der Waals surface area (Å²) >= 11 is 0. The molecule has 0 atom stereocenters. The Morgan fingerprint density at radius 1 is 1.40 bits per heavy atom. The van der Waals surface area contributed by atoms with E-state index in [2.05, 4.69) is 23.9 Å². The Morgan fingerprint density at radius 3 is 2.87 bits per heavy atom. The van der Waals surface area contributed by atoms with Gasteiger partial charge in [0.05, 0.1) is 6.20 Å². The smallest absolute Gasteiger partial charge is 0.157 e. The van der Waals surface area contributed by atoms with E-state index in [0.717, 1.165) is 23.1 Å². The molecular formula is C11H16N4. The molecule has 0 aliphatic rings. The first kappa shape index (κ1) is 10.1. The average molecular weight is 204 g/mol. The number of aromatic nitrogens is 3. The Labute approximate surface area is 89.1 Å². The maximum Gasteiger partial charge on any atom is 0.157 e. The monoisotopic (exact) mass is 204 g/mol. The topological polar surface area (TPSA) is 56.7 Å². The van der Waals surface area contributed by atoms with Crippen LogP contribution in [0.25, 0.3) is 11.0 Å². The SMILES string of the molecule is CC(C)Cn1ncc2cc(CN)cnc21. The lowest BCUT2D eigenvalue weighted by molar-refractivity contribution is 0.492. The van der Waals surface area contributed by atoms with Crippen molar-refractivity contribution < 1.29 is 0 Å². The molecule has 0 saturated heterocycles. The summed E-state index contributed by atoms with van der Waals surface area (Å²) in [4.78, 5) is 4.39. The standard InChI is InChI=1S/C11H16N4/c1-8(2)7-15-11-10(6-14-15)3-9(4-12)5-13-11/h3,5-6,8H,4,7,12H2,1-2H3. The van der Waals surface area contributed by atoms with Crippen LogP contribution in [-0.2, 0) is 13.1 Å². The summed E-state index contributed by atoms with van der Waals surface area (Å²) in [5.74, 6) is 0.573. The van der Waals surface area contributed by atoms with Crippen molar-refractivity contribution in [3.8, 4) is 0 Å². The van der Waals surface area contributed by atoms with Crippen LogP contribution in [0.3, 0.4) is 0 Å². The van der Waals surface area contributed by atoms with Gasteiger partial charge in [-0.25, -0.2) is 9.67 Å². The molecule has 0 aliphatic carbocycles. The fourth-order valence-electron chi connectivity index (χ4n) is 1.61. The van der Waals surface area contributed by atoms with Crippen LogP contribution in [0.2, 0.25) is 0 Å². The van der Waals surface area contributed by atoms with Gasteiger partial charge in [0, 0.05) is 24.7 Å². The molecule has 0 fully saturated rings. The van der Waals surface area contributed by atoms with E-state index in [1.54, 1.807) is 0 Å². The van der Waals surface area contributed by atoms with Gasteiger partial charge in [-0.1, -0.05) is 13.8 Å². The van der Waals surface area contributed by atoms with E-state index in [0.29, 0.717) is 12.5 Å². The predicted molar refractivity (Wildman–Crippen MR) is 60.3 cm³/mol. The van der Waals surface area contributed by atoms with E-state index in [1.807, 2.05) is 23.1 Å². The lowest BCUT2D eigenvalue weighted by atomic mass is 10.2. The van der Waals surface area contributed by atoms with E-state index >= 15 is 0 Å². The fourth-order valence-corrected chi connectivity index (χ4v) is 1.61. The first-order chi connectivity index (χ1) is 7.20. The van der Waals surface area contributed by atoms with E-state index in [1.165, 1.54) is 0 Å². The number of nitrogens with zero attached hydrogens (tertiary/aromatic N) is 3. The van der Waals surface area contributed by atoms with Crippen LogP contribution in [0, 0.1) is 5.92 Å². The van der Waals surface area contributed by atoms with Crippen LogP contribution in [0.4, 0.5) is 0 Å². The largest absolute Gasteiger partial charge is 0.326 e. The molecule has 4 nitrogen and oxygen atoms in total. The summed E-state index contributed by atoms with van der Waals surface area (Å²) in [5, 5.41) is 5.39. The van der Waals surface area contributed by atoms with E-state index in [-0.39, 0.29) is 0 Å². The summed E-state index contributed by atoms with van der Waals surface area (Å²) in [6.45, 7) is 5.76. The molecule has 0 aliphatic heterocycles. The van der Waals surface area contributed by atoms with Gasteiger partial charge in [-0.05, 0) is 17.5 Å². The molecule has 0 radical (unpaired) electrons. The first-order valence-electron chi connectivity index (χ1n) is 5.21. The third kappa shape index (κ3) is 1.99. The van der Waals surface area contributed by atoms with Crippen LogP contribution in [0.15, 0.2) is 18.5 Å². The van der Waals surface area contributed by atoms with Gasteiger partial charge >= 0.3 is 0 Å². The van der Waals surface area contributed by atoms with Crippen LogP contribution >= 0.6 is 0 Å². The molecule has 4 heteroatoms. The highest BCUT2D eigenvalue weighted by atomic mass is 15.3. The van der Waals surface area contributed by atoms with E-state index in [9.17, 15) is 0 Å².